The first-order chi connectivity index (χ1) is 6.10. The van der Waals surface area contributed by atoms with Gasteiger partial charge in [0.25, 0.3) is 0 Å². The van der Waals surface area contributed by atoms with Gasteiger partial charge in [0.05, 0.1) is 5.60 Å². The van der Waals surface area contributed by atoms with E-state index in [1.807, 2.05) is 6.92 Å². The molecular formula is C11H16OS. The fourth-order valence-corrected chi connectivity index (χ4v) is 2.73. The second-order valence-electron chi connectivity index (χ2n) is 4.22. The highest BCUT2D eigenvalue weighted by atomic mass is 32.1. The lowest BCUT2D eigenvalue weighted by atomic mass is 9.71. The van der Waals surface area contributed by atoms with Gasteiger partial charge in [-0.05, 0) is 49.6 Å². The predicted octanol–water partition coefficient (Wildman–Crippen LogP) is 3.06. The molecule has 1 heterocycles. The van der Waals surface area contributed by atoms with Crippen LogP contribution in [0, 0.1) is 12.8 Å². The average molecular weight is 196 g/mol. The van der Waals surface area contributed by atoms with Crippen LogP contribution in [0.15, 0.2) is 11.4 Å². The number of hydrogen-bond acceptors (Lipinski definition) is 2. The van der Waals surface area contributed by atoms with Gasteiger partial charge in [-0.3, -0.25) is 0 Å². The molecule has 1 aliphatic carbocycles. The van der Waals surface area contributed by atoms with Crippen molar-refractivity contribution >= 4 is 11.3 Å². The van der Waals surface area contributed by atoms with Gasteiger partial charge in [-0.1, -0.05) is 6.42 Å². The van der Waals surface area contributed by atoms with E-state index >= 15 is 0 Å². The number of aliphatic hydroxyl groups is 1. The van der Waals surface area contributed by atoms with E-state index in [1.54, 1.807) is 11.3 Å². The summed E-state index contributed by atoms with van der Waals surface area (Å²) in [6.07, 6.45) is 3.65. The monoisotopic (exact) mass is 196 g/mol. The van der Waals surface area contributed by atoms with Gasteiger partial charge in [-0.2, -0.15) is 0 Å². The van der Waals surface area contributed by atoms with E-state index in [-0.39, 0.29) is 0 Å². The number of hydrogen-bond donors (Lipinski definition) is 1. The molecule has 1 nitrogen and oxygen atoms in total. The Labute approximate surface area is 83.4 Å². The highest BCUT2D eigenvalue weighted by Gasteiger charge is 2.37. The Morgan fingerprint density at radius 2 is 2.23 bits per heavy atom. The number of rotatable bonds is 2. The Bertz CT molecular complexity index is 297. The van der Waals surface area contributed by atoms with E-state index in [0.29, 0.717) is 5.92 Å². The van der Waals surface area contributed by atoms with Gasteiger partial charge >= 0.3 is 0 Å². The Morgan fingerprint density at radius 3 is 2.62 bits per heavy atom. The minimum Gasteiger partial charge on any atom is -0.385 e. The molecule has 1 unspecified atom stereocenters. The van der Waals surface area contributed by atoms with Crippen LogP contribution in [-0.4, -0.2) is 5.11 Å². The predicted molar refractivity (Wildman–Crippen MR) is 56.0 cm³/mol. The van der Waals surface area contributed by atoms with Gasteiger partial charge in [-0.15, -0.1) is 11.3 Å². The number of thiophene rings is 1. The standard InChI is InChI=1S/C11H16OS/c1-8-6-10(7-13-8)11(2,12)9-4-3-5-9/h6-7,9,12H,3-5H2,1-2H3. The van der Waals surface area contributed by atoms with Crippen LogP contribution in [-0.2, 0) is 5.60 Å². The smallest absolute Gasteiger partial charge is 0.0904 e. The summed E-state index contributed by atoms with van der Waals surface area (Å²) >= 11 is 1.72. The van der Waals surface area contributed by atoms with E-state index in [4.69, 9.17) is 0 Å². The van der Waals surface area contributed by atoms with Crippen molar-refractivity contribution < 1.29 is 5.11 Å². The molecule has 0 bridgehead atoms. The summed E-state index contributed by atoms with van der Waals surface area (Å²) in [5.74, 6) is 0.487. The SMILES string of the molecule is Cc1cc(C(C)(O)C2CCC2)cs1. The molecule has 2 heteroatoms. The van der Waals surface area contributed by atoms with Crippen LogP contribution in [0.5, 0.6) is 0 Å². The molecular weight excluding hydrogens is 180 g/mol. The summed E-state index contributed by atoms with van der Waals surface area (Å²) in [4.78, 5) is 1.29. The van der Waals surface area contributed by atoms with Crippen LogP contribution in [0.25, 0.3) is 0 Å². The van der Waals surface area contributed by atoms with Crippen molar-refractivity contribution in [2.75, 3.05) is 0 Å². The lowest BCUT2D eigenvalue weighted by Gasteiger charge is -2.38. The van der Waals surface area contributed by atoms with E-state index < -0.39 is 5.60 Å². The van der Waals surface area contributed by atoms with Crippen LogP contribution < -0.4 is 0 Å². The van der Waals surface area contributed by atoms with E-state index in [1.165, 1.54) is 24.1 Å². The van der Waals surface area contributed by atoms with Crippen molar-refractivity contribution in [3.05, 3.63) is 21.9 Å². The van der Waals surface area contributed by atoms with Crippen LogP contribution >= 0.6 is 11.3 Å². The van der Waals surface area contributed by atoms with Gasteiger partial charge < -0.3 is 5.11 Å². The van der Waals surface area contributed by atoms with Gasteiger partial charge in [0, 0.05) is 4.88 Å². The van der Waals surface area contributed by atoms with Crippen molar-refractivity contribution in [2.45, 2.75) is 38.7 Å². The minimum absolute atomic E-state index is 0.487. The van der Waals surface area contributed by atoms with Crippen LogP contribution in [0.3, 0.4) is 0 Å². The van der Waals surface area contributed by atoms with Crippen LogP contribution in [0.1, 0.15) is 36.6 Å². The minimum atomic E-state index is -0.580. The second kappa shape index (κ2) is 3.10. The highest BCUT2D eigenvalue weighted by molar-refractivity contribution is 7.10. The molecule has 1 aromatic heterocycles. The summed E-state index contributed by atoms with van der Waals surface area (Å²) in [6, 6.07) is 2.11. The van der Waals surface area contributed by atoms with Gasteiger partial charge in [0.1, 0.15) is 0 Å². The first-order valence-electron chi connectivity index (χ1n) is 4.88. The molecule has 1 N–H and O–H groups in total. The highest BCUT2D eigenvalue weighted by Crippen LogP contribution is 2.43. The van der Waals surface area contributed by atoms with Crippen molar-refractivity contribution in [1.29, 1.82) is 0 Å². The van der Waals surface area contributed by atoms with Crippen molar-refractivity contribution in [3.8, 4) is 0 Å². The zero-order valence-electron chi connectivity index (χ0n) is 8.21. The van der Waals surface area contributed by atoms with Crippen LogP contribution in [0.2, 0.25) is 0 Å². The first-order valence-corrected chi connectivity index (χ1v) is 5.76. The molecule has 0 spiro atoms. The van der Waals surface area contributed by atoms with Gasteiger partial charge in [0.15, 0.2) is 0 Å². The van der Waals surface area contributed by atoms with Crippen molar-refractivity contribution in [2.24, 2.45) is 5.92 Å². The zero-order valence-corrected chi connectivity index (χ0v) is 9.03. The van der Waals surface area contributed by atoms with E-state index in [2.05, 4.69) is 18.4 Å². The summed E-state index contributed by atoms with van der Waals surface area (Å²) in [7, 11) is 0. The maximum atomic E-state index is 10.3. The molecule has 0 saturated heterocycles. The molecule has 1 aromatic rings. The lowest BCUT2D eigenvalue weighted by Crippen LogP contribution is -2.35. The zero-order chi connectivity index (χ0) is 9.47. The van der Waals surface area contributed by atoms with Crippen molar-refractivity contribution in [3.63, 3.8) is 0 Å². The van der Waals surface area contributed by atoms with Crippen LogP contribution in [0.4, 0.5) is 0 Å². The maximum absolute atomic E-state index is 10.3. The van der Waals surface area contributed by atoms with E-state index in [0.717, 1.165) is 5.56 Å². The largest absolute Gasteiger partial charge is 0.385 e. The second-order valence-corrected chi connectivity index (χ2v) is 5.34. The first kappa shape index (κ1) is 9.22. The fourth-order valence-electron chi connectivity index (χ4n) is 1.91. The lowest BCUT2D eigenvalue weighted by molar-refractivity contribution is -0.0396. The molecule has 0 radical (unpaired) electrons. The summed E-state index contributed by atoms with van der Waals surface area (Å²) in [6.45, 7) is 4.04. The Hall–Kier alpha value is -0.340. The summed E-state index contributed by atoms with van der Waals surface area (Å²) < 4.78 is 0. The van der Waals surface area contributed by atoms with Gasteiger partial charge in [-0.25, -0.2) is 0 Å². The molecule has 1 atom stereocenters. The molecule has 72 valence electrons. The molecule has 1 fully saturated rings. The Kier molecular flexibility index (Phi) is 2.20. The molecule has 13 heavy (non-hydrogen) atoms. The molecule has 0 amide bonds. The molecule has 1 saturated carbocycles. The molecule has 0 aromatic carbocycles. The topological polar surface area (TPSA) is 20.2 Å². The fraction of sp³-hybridized carbons (Fsp3) is 0.636. The quantitative estimate of drug-likeness (QED) is 0.770. The Balaban J connectivity index is 2.22. The van der Waals surface area contributed by atoms with E-state index in [9.17, 15) is 5.11 Å². The van der Waals surface area contributed by atoms with Gasteiger partial charge in [0.2, 0.25) is 0 Å². The molecule has 2 rings (SSSR count). The summed E-state index contributed by atoms with van der Waals surface area (Å²) in [5.41, 5.74) is 0.530. The third-order valence-electron chi connectivity index (χ3n) is 3.22. The van der Waals surface area contributed by atoms with Crippen molar-refractivity contribution in [1.82, 2.24) is 0 Å². The normalized spacial score (nSPS) is 22.4. The average Bonchev–Trinajstić information content (AvgIpc) is 2.30. The maximum Gasteiger partial charge on any atom is 0.0904 e. The molecule has 1 aliphatic rings. The Morgan fingerprint density at radius 1 is 1.54 bits per heavy atom. The third-order valence-corrected chi connectivity index (χ3v) is 4.08. The number of aryl methyl sites for hydroxylation is 1. The molecule has 0 aliphatic heterocycles. The summed E-state index contributed by atoms with van der Waals surface area (Å²) in [5, 5.41) is 12.4. The third kappa shape index (κ3) is 1.53.